The Morgan fingerprint density at radius 2 is 1.67 bits per heavy atom. The lowest BCUT2D eigenvalue weighted by Gasteiger charge is -2.14. The smallest absolute Gasteiger partial charge is 0.213 e. The zero-order valence-electron chi connectivity index (χ0n) is 12.2. The fraction of sp³-hybridized carbons (Fsp3) is 0.667. The number of sulfonamides is 2. The lowest BCUT2D eigenvalue weighted by Crippen LogP contribution is -2.36. The van der Waals surface area contributed by atoms with Crippen LogP contribution in [0.15, 0.2) is 11.0 Å². The third kappa shape index (κ3) is 4.49. The van der Waals surface area contributed by atoms with E-state index in [1.807, 2.05) is 6.92 Å². The summed E-state index contributed by atoms with van der Waals surface area (Å²) in [6, 6.07) is 1.25. The molecule has 0 radical (unpaired) electrons. The number of nitrogens with one attached hydrogen (secondary N) is 2. The van der Waals surface area contributed by atoms with E-state index in [9.17, 15) is 16.8 Å². The summed E-state index contributed by atoms with van der Waals surface area (Å²) in [5, 5.41) is 0. The van der Waals surface area contributed by atoms with Gasteiger partial charge in [0, 0.05) is 21.8 Å². The molecule has 1 aromatic heterocycles. The lowest BCUT2D eigenvalue weighted by molar-refractivity contribution is 0.537. The van der Waals surface area contributed by atoms with Gasteiger partial charge in [0.05, 0.1) is 11.2 Å². The van der Waals surface area contributed by atoms with E-state index >= 15 is 0 Å². The van der Waals surface area contributed by atoms with Crippen molar-refractivity contribution in [2.75, 3.05) is 6.26 Å². The number of hydrogen-bond acceptors (Lipinski definition) is 5. The first-order valence-electron chi connectivity index (χ1n) is 6.63. The van der Waals surface area contributed by atoms with Crippen molar-refractivity contribution in [3.8, 4) is 0 Å². The van der Waals surface area contributed by atoms with Gasteiger partial charge in [0.25, 0.3) is 0 Å². The Balaban J connectivity index is 2.04. The molecule has 2 atom stereocenters. The monoisotopic (exact) mass is 352 g/mol. The van der Waals surface area contributed by atoms with Crippen molar-refractivity contribution < 1.29 is 16.8 Å². The Bertz CT molecular complexity index is 722. The van der Waals surface area contributed by atoms with Crippen LogP contribution in [0.3, 0.4) is 0 Å². The Hall–Kier alpha value is -0.480. The number of aryl methyl sites for hydroxylation is 2. The standard InChI is InChI=1S/C12H20N2O4S3/c1-8-6-12(9(2)19-8)21(17,18)14-11-5-4-10(7-11)13-20(3,15)16/h6,10-11,13-14H,4-5,7H2,1-3H3/t10-,11+/m0/s1. The third-order valence-electron chi connectivity index (χ3n) is 3.42. The molecule has 2 rings (SSSR count). The van der Waals surface area contributed by atoms with Gasteiger partial charge in [-0.2, -0.15) is 0 Å². The molecule has 0 unspecified atom stereocenters. The van der Waals surface area contributed by atoms with Crippen molar-refractivity contribution >= 4 is 31.4 Å². The molecule has 1 saturated carbocycles. The van der Waals surface area contributed by atoms with E-state index in [1.54, 1.807) is 13.0 Å². The van der Waals surface area contributed by atoms with Gasteiger partial charge in [-0.1, -0.05) is 0 Å². The fourth-order valence-electron chi connectivity index (χ4n) is 2.66. The molecule has 0 spiro atoms. The predicted octanol–water partition coefficient (Wildman–Crippen LogP) is 1.11. The van der Waals surface area contributed by atoms with Gasteiger partial charge in [-0.25, -0.2) is 26.3 Å². The van der Waals surface area contributed by atoms with E-state index in [4.69, 9.17) is 0 Å². The van der Waals surface area contributed by atoms with Gasteiger partial charge < -0.3 is 0 Å². The molecule has 1 heterocycles. The largest absolute Gasteiger partial charge is 0.241 e. The predicted molar refractivity (Wildman–Crippen MR) is 83.5 cm³/mol. The van der Waals surface area contributed by atoms with Crippen LogP contribution < -0.4 is 9.44 Å². The zero-order valence-corrected chi connectivity index (χ0v) is 14.7. The van der Waals surface area contributed by atoms with Crippen LogP contribution in [0.5, 0.6) is 0 Å². The quantitative estimate of drug-likeness (QED) is 0.830. The first kappa shape index (κ1) is 16.9. The molecule has 120 valence electrons. The molecule has 1 aliphatic rings. The highest BCUT2D eigenvalue weighted by molar-refractivity contribution is 7.89. The summed E-state index contributed by atoms with van der Waals surface area (Å²) < 4.78 is 52.4. The minimum atomic E-state index is -3.54. The molecule has 6 nitrogen and oxygen atoms in total. The number of rotatable bonds is 5. The molecule has 2 N–H and O–H groups in total. The summed E-state index contributed by atoms with van der Waals surface area (Å²) in [5.41, 5.74) is 0. The fourth-order valence-corrected chi connectivity index (χ4v) is 6.31. The van der Waals surface area contributed by atoms with Gasteiger partial charge in [0.1, 0.15) is 0 Å². The molecule has 0 aromatic carbocycles. The minimum absolute atomic E-state index is 0.196. The molecular weight excluding hydrogens is 332 g/mol. The lowest BCUT2D eigenvalue weighted by atomic mass is 10.2. The van der Waals surface area contributed by atoms with Gasteiger partial charge in [0.2, 0.25) is 20.0 Å². The molecule has 0 amide bonds. The molecular formula is C12H20N2O4S3. The molecule has 21 heavy (non-hydrogen) atoms. The van der Waals surface area contributed by atoms with Crippen LogP contribution in [0.1, 0.15) is 29.0 Å². The topological polar surface area (TPSA) is 92.3 Å². The van der Waals surface area contributed by atoms with Crippen LogP contribution in [0.4, 0.5) is 0 Å². The third-order valence-corrected chi connectivity index (χ3v) is 6.92. The molecule has 1 aromatic rings. The van der Waals surface area contributed by atoms with Crippen LogP contribution in [0, 0.1) is 13.8 Å². The van der Waals surface area contributed by atoms with Crippen LogP contribution in [0.2, 0.25) is 0 Å². The summed E-state index contributed by atoms with van der Waals surface area (Å²) in [6.07, 6.45) is 2.87. The second kappa shape index (κ2) is 5.96. The van der Waals surface area contributed by atoms with Crippen molar-refractivity contribution in [1.82, 2.24) is 9.44 Å². The first-order chi connectivity index (χ1) is 9.57. The molecule has 1 fully saturated rings. The van der Waals surface area contributed by atoms with Gasteiger partial charge in [0.15, 0.2) is 0 Å². The molecule has 9 heteroatoms. The normalized spacial score (nSPS) is 23.6. The van der Waals surface area contributed by atoms with E-state index in [0.717, 1.165) is 16.0 Å². The number of hydrogen-bond donors (Lipinski definition) is 2. The number of thiophene rings is 1. The summed E-state index contributed by atoms with van der Waals surface area (Å²) in [6.45, 7) is 3.66. The maximum Gasteiger partial charge on any atom is 0.241 e. The second-order valence-electron chi connectivity index (χ2n) is 5.50. The van der Waals surface area contributed by atoms with Gasteiger partial charge in [-0.3, -0.25) is 0 Å². The van der Waals surface area contributed by atoms with Crippen molar-refractivity contribution in [1.29, 1.82) is 0 Å². The summed E-state index contributed by atoms with van der Waals surface area (Å²) in [4.78, 5) is 2.05. The highest BCUT2D eigenvalue weighted by Gasteiger charge is 2.31. The Labute approximate surface area is 130 Å². The average molecular weight is 353 g/mol. The Morgan fingerprint density at radius 1 is 1.10 bits per heavy atom. The summed E-state index contributed by atoms with van der Waals surface area (Å²) in [7, 11) is -6.79. The van der Waals surface area contributed by atoms with Crippen LogP contribution >= 0.6 is 11.3 Å². The summed E-state index contributed by atoms with van der Waals surface area (Å²) >= 11 is 1.45. The maximum absolute atomic E-state index is 12.4. The Morgan fingerprint density at radius 3 is 2.14 bits per heavy atom. The first-order valence-corrected chi connectivity index (χ1v) is 10.8. The van der Waals surface area contributed by atoms with Crippen molar-refractivity contribution in [3.63, 3.8) is 0 Å². The highest BCUT2D eigenvalue weighted by Crippen LogP contribution is 2.27. The Kier molecular flexibility index (Phi) is 4.79. The van der Waals surface area contributed by atoms with Crippen LogP contribution in [0.25, 0.3) is 0 Å². The van der Waals surface area contributed by atoms with Gasteiger partial charge in [-0.05, 0) is 39.2 Å². The average Bonchev–Trinajstić information content (AvgIpc) is 2.83. The van der Waals surface area contributed by atoms with Crippen LogP contribution in [-0.4, -0.2) is 35.2 Å². The van der Waals surface area contributed by atoms with Crippen molar-refractivity contribution in [2.45, 2.75) is 50.1 Å². The second-order valence-corrected chi connectivity index (χ2v) is 10.4. The molecule has 1 aliphatic carbocycles. The molecule has 0 saturated heterocycles. The summed E-state index contributed by atoms with van der Waals surface area (Å²) in [5.74, 6) is 0. The van der Waals surface area contributed by atoms with Crippen LogP contribution in [-0.2, 0) is 20.0 Å². The van der Waals surface area contributed by atoms with E-state index < -0.39 is 20.0 Å². The highest BCUT2D eigenvalue weighted by atomic mass is 32.2. The minimum Gasteiger partial charge on any atom is -0.213 e. The maximum atomic E-state index is 12.4. The van der Waals surface area contributed by atoms with E-state index in [2.05, 4.69) is 9.44 Å². The molecule has 0 bridgehead atoms. The molecule has 0 aliphatic heterocycles. The zero-order chi connectivity index (χ0) is 15.8. The van der Waals surface area contributed by atoms with E-state index in [1.165, 1.54) is 11.3 Å². The van der Waals surface area contributed by atoms with E-state index in [0.29, 0.717) is 24.2 Å². The van der Waals surface area contributed by atoms with Crippen molar-refractivity contribution in [2.24, 2.45) is 0 Å². The van der Waals surface area contributed by atoms with Crippen molar-refractivity contribution in [3.05, 3.63) is 15.8 Å². The SMILES string of the molecule is Cc1cc(S(=O)(=O)N[C@@H]2CC[C@H](NS(C)(=O)=O)C2)c(C)s1. The van der Waals surface area contributed by atoms with E-state index in [-0.39, 0.29) is 12.1 Å². The van der Waals surface area contributed by atoms with Gasteiger partial charge in [-0.15, -0.1) is 11.3 Å². The van der Waals surface area contributed by atoms with Gasteiger partial charge >= 0.3 is 0 Å².